The lowest BCUT2D eigenvalue weighted by atomic mass is 9.67. The Kier molecular flexibility index (Phi) is 7.53. The highest BCUT2D eigenvalue weighted by molar-refractivity contribution is 7.25. The molecule has 0 atom stereocenters. The van der Waals surface area contributed by atoms with Gasteiger partial charge in [0.2, 0.25) is 0 Å². The number of anilines is 3. The summed E-state index contributed by atoms with van der Waals surface area (Å²) in [4.78, 5) is 2.43. The molecular weight excluding hydrogens is 740 g/mol. The quantitative estimate of drug-likeness (QED) is 0.163. The van der Waals surface area contributed by atoms with Crippen LogP contribution in [0.1, 0.15) is 22.3 Å². The maximum Gasteiger partial charge on any atom is 0.123 e. The molecule has 59 heavy (non-hydrogen) atoms. The number of rotatable bonds is 6. The molecule has 4 heteroatoms. The largest absolute Gasteiger partial charge is 0.310 e. The molecule has 9 aromatic carbocycles. The lowest BCUT2D eigenvalue weighted by Crippen LogP contribution is -2.28. The van der Waals surface area contributed by atoms with Crippen LogP contribution in [0.15, 0.2) is 212 Å². The summed E-state index contributed by atoms with van der Waals surface area (Å²) in [7, 11) is 0. The Morgan fingerprint density at radius 2 is 0.966 bits per heavy atom. The van der Waals surface area contributed by atoms with Crippen LogP contribution in [0.2, 0.25) is 0 Å². The van der Waals surface area contributed by atoms with Crippen molar-refractivity contribution in [3.05, 3.63) is 240 Å². The van der Waals surface area contributed by atoms with Gasteiger partial charge in [0.25, 0.3) is 0 Å². The molecule has 0 radical (unpaired) electrons. The fraction of sp³-hybridized carbons (Fsp3) is 0.0182. The van der Waals surface area contributed by atoms with Gasteiger partial charge in [0.15, 0.2) is 0 Å². The Bertz CT molecular complexity index is 3360. The van der Waals surface area contributed by atoms with Crippen LogP contribution in [0.3, 0.4) is 0 Å². The van der Waals surface area contributed by atoms with Crippen LogP contribution in [0, 0.1) is 5.82 Å². The summed E-state index contributed by atoms with van der Waals surface area (Å²) in [5.74, 6) is -0.246. The zero-order chi connectivity index (χ0) is 39.1. The Labute approximate surface area is 345 Å². The zero-order valence-electron chi connectivity index (χ0n) is 31.9. The standard InChI is InChI=1S/C55H35FN2S/c56-38-23-25-39(26-24-38)58-51-21-11-8-18-45(51)47-33-40(28-31-52(47)58)57(41-29-32-54-48(34-41)46-19-9-12-22-53(46)59-54)42-27-30-44-43-17-7-10-20-49(43)55(50(44)35-42,36-13-3-1-4-14-36)37-15-5-2-6-16-37/h1-35H. The van der Waals surface area contributed by atoms with E-state index in [0.717, 1.165) is 44.6 Å². The van der Waals surface area contributed by atoms with Gasteiger partial charge in [-0.1, -0.05) is 127 Å². The van der Waals surface area contributed by atoms with Gasteiger partial charge in [-0.15, -0.1) is 11.3 Å². The molecule has 0 saturated carbocycles. The topological polar surface area (TPSA) is 8.17 Å². The molecule has 0 bridgehead atoms. The first kappa shape index (κ1) is 33.8. The van der Waals surface area contributed by atoms with Crippen molar-refractivity contribution in [1.82, 2.24) is 4.57 Å². The second-order valence-corrected chi connectivity index (χ2v) is 16.5. The van der Waals surface area contributed by atoms with Crippen LogP contribution in [-0.2, 0) is 5.41 Å². The fourth-order valence-corrected chi connectivity index (χ4v) is 10.9. The highest BCUT2D eigenvalue weighted by Gasteiger charge is 2.46. The van der Waals surface area contributed by atoms with E-state index in [1.165, 1.54) is 65.7 Å². The van der Waals surface area contributed by atoms with Gasteiger partial charge in [-0.3, -0.25) is 0 Å². The summed E-state index contributed by atoms with van der Waals surface area (Å²) in [5, 5.41) is 4.79. The van der Waals surface area contributed by atoms with E-state index in [4.69, 9.17) is 0 Å². The molecule has 1 aliphatic rings. The Morgan fingerprint density at radius 1 is 0.407 bits per heavy atom. The first-order valence-corrected chi connectivity index (χ1v) is 20.8. The molecule has 11 aromatic rings. The molecular formula is C55H35FN2S. The van der Waals surface area contributed by atoms with Gasteiger partial charge in [0, 0.05) is 53.7 Å². The van der Waals surface area contributed by atoms with Crippen molar-refractivity contribution in [2.45, 2.75) is 5.41 Å². The molecule has 0 aliphatic heterocycles. The highest BCUT2D eigenvalue weighted by atomic mass is 32.1. The summed E-state index contributed by atoms with van der Waals surface area (Å²) in [6.07, 6.45) is 0. The number of para-hydroxylation sites is 1. The SMILES string of the molecule is Fc1ccc(-n2c3ccccc3c3cc(N(c4ccc5c(c4)C(c4ccccc4)(c4ccccc4)c4ccccc4-5)c4ccc5sc6ccccc6c5c4)ccc32)cc1. The lowest BCUT2D eigenvalue weighted by Gasteiger charge is -2.35. The average molecular weight is 775 g/mol. The van der Waals surface area contributed by atoms with E-state index in [1.807, 2.05) is 23.5 Å². The molecule has 0 unspecified atom stereocenters. The van der Waals surface area contributed by atoms with Gasteiger partial charge in [0.05, 0.1) is 16.4 Å². The van der Waals surface area contributed by atoms with Crippen molar-refractivity contribution in [3.8, 4) is 16.8 Å². The maximum atomic E-state index is 14.2. The van der Waals surface area contributed by atoms with Gasteiger partial charge in [-0.2, -0.15) is 0 Å². The zero-order valence-corrected chi connectivity index (χ0v) is 32.7. The van der Waals surface area contributed by atoms with Gasteiger partial charge in [-0.25, -0.2) is 4.39 Å². The van der Waals surface area contributed by atoms with Crippen LogP contribution in [0.5, 0.6) is 0 Å². The normalized spacial score (nSPS) is 13.0. The van der Waals surface area contributed by atoms with Crippen LogP contribution in [0.4, 0.5) is 21.5 Å². The van der Waals surface area contributed by atoms with Gasteiger partial charge in [0.1, 0.15) is 5.82 Å². The summed E-state index contributed by atoms with van der Waals surface area (Å²) >= 11 is 1.84. The van der Waals surface area contributed by atoms with E-state index >= 15 is 0 Å². The Morgan fingerprint density at radius 3 is 1.75 bits per heavy atom. The minimum atomic E-state index is -0.532. The van der Waals surface area contributed by atoms with Crippen molar-refractivity contribution in [1.29, 1.82) is 0 Å². The molecule has 12 rings (SSSR count). The number of hydrogen-bond acceptors (Lipinski definition) is 2. The third-order valence-corrected chi connectivity index (χ3v) is 13.5. The van der Waals surface area contributed by atoms with E-state index in [9.17, 15) is 4.39 Å². The van der Waals surface area contributed by atoms with Gasteiger partial charge in [-0.05, 0) is 118 Å². The number of hydrogen-bond donors (Lipinski definition) is 0. The van der Waals surface area contributed by atoms with Crippen molar-refractivity contribution in [2.75, 3.05) is 4.90 Å². The van der Waals surface area contributed by atoms with E-state index in [0.29, 0.717) is 0 Å². The second kappa shape index (κ2) is 13.1. The highest BCUT2D eigenvalue weighted by Crippen LogP contribution is 2.57. The molecule has 0 spiro atoms. The monoisotopic (exact) mass is 774 g/mol. The number of nitrogens with zero attached hydrogens (tertiary/aromatic N) is 2. The number of benzene rings is 9. The first-order chi connectivity index (χ1) is 29.2. The fourth-order valence-electron chi connectivity index (χ4n) is 9.84. The smallest absolute Gasteiger partial charge is 0.123 e. The molecule has 278 valence electrons. The first-order valence-electron chi connectivity index (χ1n) is 20.0. The summed E-state index contributed by atoms with van der Waals surface area (Å²) in [6, 6.07) is 75.7. The van der Waals surface area contributed by atoms with Crippen molar-refractivity contribution in [3.63, 3.8) is 0 Å². The van der Waals surface area contributed by atoms with Crippen LogP contribution in [0.25, 0.3) is 58.8 Å². The van der Waals surface area contributed by atoms with E-state index in [2.05, 4.69) is 198 Å². The van der Waals surface area contributed by atoms with Crippen LogP contribution in [-0.4, -0.2) is 4.57 Å². The molecule has 0 amide bonds. The minimum absolute atomic E-state index is 0.246. The average Bonchev–Trinajstić information content (AvgIpc) is 3.93. The molecule has 0 saturated heterocycles. The molecule has 0 N–H and O–H groups in total. The summed E-state index contributed by atoms with van der Waals surface area (Å²) < 4.78 is 19.0. The summed E-state index contributed by atoms with van der Waals surface area (Å²) in [5.41, 5.74) is 13.3. The van der Waals surface area contributed by atoms with E-state index in [1.54, 1.807) is 0 Å². The Balaban J connectivity index is 1.14. The summed E-state index contributed by atoms with van der Waals surface area (Å²) in [6.45, 7) is 0. The Hall–Kier alpha value is -7.27. The molecule has 2 aromatic heterocycles. The van der Waals surface area contributed by atoms with E-state index in [-0.39, 0.29) is 5.82 Å². The number of thiophene rings is 1. The maximum absolute atomic E-state index is 14.2. The predicted octanol–water partition coefficient (Wildman–Crippen LogP) is 15.1. The second-order valence-electron chi connectivity index (χ2n) is 15.4. The van der Waals surface area contributed by atoms with E-state index < -0.39 is 5.41 Å². The minimum Gasteiger partial charge on any atom is -0.310 e. The van der Waals surface area contributed by atoms with Crippen LogP contribution < -0.4 is 4.90 Å². The van der Waals surface area contributed by atoms with Crippen molar-refractivity contribution in [2.24, 2.45) is 0 Å². The van der Waals surface area contributed by atoms with Gasteiger partial charge >= 0.3 is 0 Å². The van der Waals surface area contributed by atoms with Crippen molar-refractivity contribution < 1.29 is 4.39 Å². The number of aromatic nitrogens is 1. The molecule has 2 nitrogen and oxygen atoms in total. The molecule has 1 aliphatic carbocycles. The third-order valence-electron chi connectivity index (χ3n) is 12.3. The van der Waals surface area contributed by atoms with Crippen LogP contribution >= 0.6 is 11.3 Å². The van der Waals surface area contributed by atoms with Crippen molar-refractivity contribution >= 4 is 70.4 Å². The number of fused-ring (bicyclic) bond motifs is 9. The number of halogens is 1. The van der Waals surface area contributed by atoms with Gasteiger partial charge < -0.3 is 9.47 Å². The third kappa shape index (κ3) is 5.03. The predicted molar refractivity (Wildman–Crippen MR) is 246 cm³/mol. The lowest BCUT2D eigenvalue weighted by molar-refractivity contribution is 0.627. The molecule has 0 fully saturated rings. The molecule has 2 heterocycles.